The van der Waals surface area contributed by atoms with Gasteiger partial charge in [-0.05, 0) is 52.4 Å². The minimum Gasteiger partial charge on any atom is -0.283 e. The Bertz CT molecular complexity index is 565. The summed E-state index contributed by atoms with van der Waals surface area (Å²) in [6.07, 6.45) is 0.559. The molecule has 0 atom stereocenters. The van der Waals surface area contributed by atoms with Gasteiger partial charge in [0.05, 0.1) is 15.9 Å². The maximum Gasteiger partial charge on any atom is 0.232 e. The quantitative estimate of drug-likeness (QED) is 0.888. The maximum absolute atomic E-state index is 13.3. The highest BCUT2D eigenvalue weighted by atomic mass is 79.9. The predicted octanol–water partition coefficient (Wildman–Crippen LogP) is 4.07. The van der Waals surface area contributed by atoms with Crippen molar-refractivity contribution in [2.45, 2.75) is 34.1 Å². The second-order valence-electron chi connectivity index (χ2n) is 5.81. The number of nitrogens with one attached hydrogen (secondary N) is 1. The summed E-state index contributed by atoms with van der Waals surface area (Å²) in [4.78, 5) is 0. The molecule has 0 heterocycles. The summed E-state index contributed by atoms with van der Waals surface area (Å²) in [6.45, 7) is 7.63. The molecule has 0 amide bonds. The summed E-state index contributed by atoms with van der Waals surface area (Å²) in [5, 5.41) is 0. The van der Waals surface area contributed by atoms with Crippen molar-refractivity contribution in [3.8, 4) is 0 Å². The van der Waals surface area contributed by atoms with Crippen LogP contribution in [-0.2, 0) is 10.0 Å². The van der Waals surface area contributed by atoms with Gasteiger partial charge in [0.15, 0.2) is 0 Å². The number of anilines is 1. The van der Waals surface area contributed by atoms with Crippen LogP contribution in [0.1, 0.15) is 32.8 Å². The summed E-state index contributed by atoms with van der Waals surface area (Å²) in [6, 6.07) is 2.74. The van der Waals surface area contributed by atoms with E-state index in [-0.39, 0.29) is 15.6 Å². The zero-order valence-corrected chi connectivity index (χ0v) is 14.0. The number of rotatable bonds is 4. The summed E-state index contributed by atoms with van der Waals surface area (Å²) >= 11 is 3.05. The van der Waals surface area contributed by atoms with Gasteiger partial charge in [-0.15, -0.1) is 0 Å². The van der Waals surface area contributed by atoms with Crippen LogP contribution in [0.2, 0.25) is 0 Å². The van der Waals surface area contributed by atoms with Gasteiger partial charge in [0, 0.05) is 0 Å². The van der Waals surface area contributed by atoms with Crippen molar-refractivity contribution in [2.75, 3.05) is 10.5 Å². The van der Waals surface area contributed by atoms with E-state index >= 15 is 0 Å². The Hall–Kier alpha value is -0.620. The highest BCUT2D eigenvalue weighted by Gasteiger charge is 2.18. The van der Waals surface area contributed by atoms with Crippen LogP contribution >= 0.6 is 15.9 Å². The fourth-order valence-corrected chi connectivity index (χ4v) is 3.30. The molecule has 1 N–H and O–H groups in total. The van der Waals surface area contributed by atoms with Crippen molar-refractivity contribution in [3.05, 3.63) is 28.0 Å². The monoisotopic (exact) mass is 351 g/mol. The molecule has 0 aliphatic carbocycles. The zero-order chi connectivity index (χ0) is 14.8. The molecule has 19 heavy (non-hydrogen) atoms. The van der Waals surface area contributed by atoms with Gasteiger partial charge in [0.2, 0.25) is 10.0 Å². The van der Waals surface area contributed by atoms with Gasteiger partial charge in [0.25, 0.3) is 0 Å². The number of hydrogen-bond donors (Lipinski definition) is 1. The van der Waals surface area contributed by atoms with Crippen LogP contribution in [0, 0.1) is 18.2 Å². The van der Waals surface area contributed by atoms with Gasteiger partial charge < -0.3 is 0 Å². The first-order valence-corrected chi connectivity index (χ1v) is 8.41. The lowest BCUT2D eigenvalue weighted by Crippen LogP contribution is -2.21. The van der Waals surface area contributed by atoms with Crippen LogP contribution in [0.25, 0.3) is 0 Å². The normalized spacial score (nSPS) is 12.5. The Morgan fingerprint density at radius 1 is 1.32 bits per heavy atom. The lowest BCUT2D eigenvalue weighted by molar-refractivity contribution is 0.397. The van der Waals surface area contributed by atoms with E-state index in [4.69, 9.17) is 0 Å². The second kappa shape index (κ2) is 5.79. The van der Waals surface area contributed by atoms with E-state index < -0.39 is 15.8 Å². The fourth-order valence-electron chi connectivity index (χ4n) is 1.42. The molecule has 1 rings (SSSR count). The minimum absolute atomic E-state index is 0.0466. The average Bonchev–Trinajstić information content (AvgIpc) is 2.22. The minimum atomic E-state index is -3.41. The lowest BCUT2D eigenvalue weighted by Gasteiger charge is -2.18. The van der Waals surface area contributed by atoms with Gasteiger partial charge in [-0.3, -0.25) is 4.72 Å². The van der Waals surface area contributed by atoms with E-state index in [1.165, 1.54) is 12.1 Å². The van der Waals surface area contributed by atoms with Crippen LogP contribution in [0.4, 0.5) is 10.1 Å². The van der Waals surface area contributed by atoms with Crippen LogP contribution in [0.15, 0.2) is 16.6 Å². The molecule has 108 valence electrons. The Morgan fingerprint density at radius 2 is 1.89 bits per heavy atom. The SMILES string of the molecule is Cc1cc(F)c(Br)cc1NS(=O)(=O)CCC(C)(C)C. The first-order valence-electron chi connectivity index (χ1n) is 5.96. The molecular formula is C13H19BrFNO2S. The molecule has 0 radical (unpaired) electrons. The van der Waals surface area contributed by atoms with E-state index in [9.17, 15) is 12.8 Å². The molecule has 3 nitrogen and oxygen atoms in total. The van der Waals surface area contributed by atoms with Crippen molar-refractivity contribution in [1.29, 1.82) is 0 Å². The van der Waals surface area contributed by atoms with Crippen LogP contribution in [0.3, 0.4) is 0 Å². The van der Waals surface area contributed by atoms with Gasteiger partial charge in [-0.2, -0.15) is 0 Å². The standard InChI is InChI=1S/C13H19BrFNO2S/c1-9-7-11(15)10(14)8-12(9)16-19(17,18)6-5-13(2,3)4/h7-8,16H,5-6H2,1-4H3. The molecule has 0 bridgehead atoms. The highest BCUT2D eigenvalue weighted by molar-refractivity contribution is 9.10. The van der Waals surface area contributed by atoms with Crippen molar-refractivity contribution in [1.82, 2.24) is 0 Å². The summed E-state index contributed by atoms with van der Waals surface area (Å²) in [5.41, 5.74) is 0.912. The molecule has 1 aromatic carbocycles. The lowest BCUT2D eigenvalue weighted by atomic mass is 9.94. The van der Waals surface area contributed by atoms with Gasteiger partial charge in [-0.25, -0.2) is 12.8 Å². The van der Waals surface area contributed by atoms with Gasteiger partial charge in [-0.1, -0.05) is 20.8 Å². The van der Waals surface area contributed by atoms with Crippen LogP contribution in [0.5, 0.6) is 0 Å². The zero-order valence-electron chi connectivity index (χ0n) is 11.5. The number of benzene rings is 1. The molecule has 0 aliphatic heterocycles. The Labute approximate surface area is 122 Å². The Morgan fingerprint density at radius 3 is 2.42 bits per heavy atom. The Balaban J connectivity index is 2.87. The number of sulfonamides is 1. The van der Waals surface area contributed by atoms with Crippen molar-refractivity contribution < 1.29 is 12.8 Å². The molecule has 0 fully saturated rings. The van der Waals surface area contributed by atoms with E-state index in [0.29, 0.717) is 17.7 Å². The molecule has 0 spiro atoms. The van der Waals surface area contributed by atoms with Gasteiger partial charge in [0.1, 0.15) is 5.82 Å². The second-order valence-corrected chi connectivity index (χ2v) is 8.51. The van der Waals surface area contributed by atoms with Crippen molar-refractivity contribution in [3.63, 3.8) is 0 Å². The molecule has 0 aromatic heterocycles. The number of aryl methyl sites for hydroxylation is 1. The summed E-state index contributed by atoms with van der Waals surface area (Å²) < 4.78 is 40.0. The van der Waals surface area contributed by atoms with Crippen molar-refractivity contribution in [2.24, 2.45) is 5.41 Å². The molecule has 0 unspecified atom stereocenters. The van der Waals surface area contributed by atoms with E-state index in [1.807, 2.05) is 20.8 Å². The van der Waals surface area contributed by atoms with Crippen LogP contribution in [-0.4, -0.2) is 14.2 Å². The van der Waals surface area contributed by atoms with Crippen LogP contribution < -0.4 is 4.72 Å². The third-order valence-electron chi connectivity index (χ3n) is 2.65. The predicted molar refractivity (Wildman–Crippen MR) is 80.3 cm³/mol. The van der Waals surface area contributed by atoms with E-state index in [0.717, 1.165) is 0 Å². The molecule has 0 aliphatic rings. The maximum atomic E-state index is 13.3. The molecule has 1 aromatic rings. The molecule has 0 saturated carbocycles. The third kappa shape index (κ3) is 5.48. The third-order valence-corrected chi connectivity index (χ3v) is 4.53. The van der Waals surface area contributed by atoms with Gasteiger partial charge >= 0.3 is 0 Å². The first kappa shape index (κ1) is 16.4. The first-order chi connectivity index (χ1) is 8.50. The smallest absolute Gasteiger partial charge is 0.232 e. The largest absolute Gasteiger partial charge is 0.283 e. The fraction of sp³-hybridized carbons (Fsp3) is 0.538. The molecule has 6 heteroatoms. The van der Waals surface area contributed by atoms with E-state index in [2.05, 4.69) is 20.7 Å². The number of hydrogen-bond acceptors (Lipinski definition) is 2. The Kier molecular flexibility index (Phi) is 5.01. The topological polar surface area (TPSA) is 46.2 Å². The molecular weight excluding hydrogens is 333 g/mol. The number of halogens is 2. The average molecular weight is 352 g/mol. The highest BCUT2D eigenvalue weighted by Crippen LogP contribution is 2.26. The molecule has 0 saturated heterocycles. The summed E-state index contributed by atoms with van der Waals surface area (Å²) in [7, 11) is -3.41. The summed E-state index contributed by atoms with van der Waals surface area (Å²) in [5.74, 6) is -0.361. The van der Waals surface area contributed by atoms with Crippen molar-refractivity contribution >= 4 is 31.6 Å². The van der Waals surface area contributed by atoms with E-state index in [1.54, 1.807) is 6.92 Å².